The SMILES string of the molecule is CCCCNC(=O)[C@@H](Cc1ccccc1)N(Cc1ccc(Br)cc1)C(=O)Cc1ccc(OC)cc1. The van der Waals surface area contributed by atoms with E-state index in [1.807, 2.05) is 78.9 Å². The van der Waals surface area contributed by atoms with Crippen LogP contribution in [0, 0.1) is 0 Å². The van der Waals surface area contributed by atoms with E-state index in [9.17, 15) is 9.59 Å². The highest BCUT2D eigenvalue weighted by atomic mass is 79.9. The molecule has 0 unspecified atom stereocenters. The van der Waals surface area contributed by atoms with Gasteiger partial charge >= 0.3 is 0 Å². The van der Waals surface area contributed by atoms with Crippen LogP contribution in [0.25, 0.3) is 0 Å². The van der Waals surface area contributed by atoms with E-state index < -0.39 is 6.04 Å². The second-order valence-electron chi connectivity index (χ2n) is 8.52. The first-order chi connectivity index (χ1) is 17.0. The van der Waals surface area contributed by atoms with Crippen molar-refractivity contribution in [3.63, 3.8) is 0 Å². The molecule has 0 aromatic heterocycles. The molecule has 0 saturated heterocycles. The van der Waals surface area contributed by atoms with Gasteiger partial charge in [-0.2, -0.15) is 0 Å². The second-order valence-corrected chi connectivity index (χ2v) is 9.44. The van der Waals surface area contributed by atoms with Crippen molar-refractivity contribution in [2.75, 3.05) is 13.7 Å². The Balaban J connectivity index is 1.91. The van der Waals surface area contributed by atoms with Gasteiger partial charge in [-0.3, -0.25) is 9.59 Å². The topological polar surface area (TPSA) is 58.6 Å². The Kier molecular flexibility index (Phi) is 10.4. The standard InChI is InChI=1S/C29H33BrN2O3/c1-3-4-18-31-29(34)27(19-22-8-6-5-7-9-22)32(21-24-10-14-25(30)15-11-24)28(33)20-23-12-16-26(35-2)17-13-23/h5-17,27H,3-4,18-21H2,1-2H3,(H,31,34)/t27-/m1/s1. The summed E-state index contributed by atoms with van der Waals surface area (Å²) in [5.74, 6) is 0.525. The summed E-state index contributed by atoms with van der Waals surface area (Å²) >= 11 is 3.47. The fourth-order valence-corrected chi connectivity index (χ4v) is 4.13. The van der Waals surface area contributed by atoms with E-state index in [2.05, 4.69) is 28.2 Å². The van der Waals surface area contributed by atoms with Gasteiger partial charge in [-0.15, -0.1) is 0 Å². The molecule has 1 N–H and O–H groups in total. The number of nitrogens with one attached hydrogen (secondary N) is 1. The van der Waals surface area contributed by atoms with E-state index in [0.717, 1.165) is 39.8 Å². The molecule has 0 aliphatic rings. The van der Waals surface area contributed by atoms with Gasteiger partial charge in [-0.05, 0) is 47.4 Å². The summed E-state index contributed by atoms with van der Waals surface area (Å²) in [7, 11) is 1.62. The lowest BCUT2D eigenvalue weighted by atomic mass is 10.0. The molecule has 3 rings (SSSR count). The Hall–Kier alpha value is -3.12. The number of benzene rings is 3. The third-order valence-electron chi connectivity index (χ3n) is 5.88. The fraction of sp³-hybridized carbons (Fsp3) is 0.310. The van der Waals surface area contributed by atoms with Crippen LogP contribution in [-0.4, -0.2) is 36.4 Å². The first kappa shape index (κ1) is 26.5. The van der Waals surface area contributed by atoms with Crippen LogP contribution in [0.15, 0.2) is 83.3 Å². The Morgan fingerprint density at radius 2 is 1.57 bits per heavy atom. The minimum absolute atomic E-state index is 0.0929. The summed E-state index contributed by atoms with van der Waals surface area (Å²) < 4.78 is 6.21. The first-order valence-electron chi connectivity index (χ1n) is 12.0. The van der Waals surface area contributed by atoms with Gasteiger partial charge in [0.05, 0.1) is 13.5 Å². The van der Waals surface area contributed by atoms with Crippen LogP contribution in [0.1, 0.15) is 36.5 Å². The maximum atomic E-state index is 13.7. The van der Waals surface area contributed by atoms with Crippen molar-refractivity contribution in [1.29, 1.82) is 0 Å². The molecule has 5 nitrogen and oxygen atoms in total. The van der Waals surface area contributed by atoms with Crippen LogP contribution in [0.3, 0.4) is 0 Å². The van der Waals surface area contributed by atoms with E-state index in [-0.39, 0.29) is 18.2 Å². The van der Waals surface area contributed by atoms with Crippen LogP contribution in [0.4, 0.5) is 0 Å². The van der Waals surface area contributed by atoms with Crippen molar-refractivity contribution >= 4 is 27.7 Å². The largest absolute Gasteiger partial charge is 0.497 e. The first-order valence-corrected chi connectivity index (χ1v) is 12.8. The van der Waals surface area contributed by atoms with Gasteiger partial charge in [0.1, 0.15) is 11.8 Å². The number of rotatable bonds is 12. The molecule has 6 heteroatoms. The summed E-state index contributed by atoms with van der Waals surface area (Å²) in [6.07, 6.45) is 2.54. The van der Waals surface area contributed by atoms with Crippen molar-refractivity contribution in [2.45, 2.75) is 45.2 Å². The third-order valence-corrected chi connectivity index (χ3v) is 6.41. The summed E-state index contributed by atoms with van der Waals surface area (Å²) in [4.78, 5) is 28.9. The number of amides is 2. The van der Waals surface area contributed by atoms with E-state index in [1.54, 1.807) is 12.0 Å². The molecule has 0 heterocycles. The normalized spacial score (nSPS) is 11.5. The Labute approximate surface area is 216 Å². The van der Waals surface area contributed by atoms with Crippen LogP contribution < -0.4 is 10.1 Å². The van der Waals surface area contributed by atoms with Gasteiger partial charge in [0.15, 0.2) is 0 Å². The van der Waals surface area contributed by atoms with Gasteiger partial charge in [-0.1, -0.05) is 83.9 Å². The number of hydrogen-bond acceptors (Lipinski definition) is 3. The van der Waals surface area contributed by atoms with Crippen LogP contribution in [-0.2, 0) is 29.0 Å². The molecule has 0 saturated carbocycles. The fourth-order valence-electron chi connectivity index (χ4n) is 3.87. The summed E-state index contributed by atoms with van der Waals surface area (Å²) in [6, 6.07) is 24.6. The molecule has 1 atom stereocenters. The van der Waals surface area contributed by atoms with E-state index in [4.69, 9.17) is 4.74 Å². The molecule has 0 bridgehead atoms. The lowest BCUT2D eigenvalue weighted by Crippen LogP contribution is -2.51. The zero-order valence-corrected chi connectivity index (χ0v) is 22.0. The Bertz CT molecular complexity index is 1070. The lowest BCUT2D eigenvalue weighted by molar-refractivity contribution is -0.140. The maximum Gasteiger partial charge on any atom is 0.243 e. The van der Waals surface area contributed by atoms with Crippen LogP contribution >= 0.6 is 15.9 Å². The number of methoxy groups -OCH3 is 1. The summed E-state index contributed by atoms with van der Waals surface area (Å²) in [5.41, 5.74) is 2.86. The van der Waals surface area contributed by atoms with Crippen LogP contribution in [0.2, 0.25) is 0 Å². The monoisotopic (exact) mass is 536 g/mol. The van der Waals surface area contributed by atoms with Crippen molar-refractivity contribution in [3.05, 3.63) is 100 Å². The number of hydrogen-bond donors (Lipinski definition) is 1. The molecule has 0 fully saturated rings. The highest BCUT2D eigenvalue weighted by Gasteiger charge is 2.30. The molecular formula is C29H33BrN2O3. The Morgan fingerprint density at radius 3 is 2.20 bits per heavy atom. The highest BCUT2D eigenvalue weighted by molar-refractivity contribution is 9.10. The third kappa shape index (κ3) is 8.25. The van der Waals surface area contributed by atoms with Gasteiger partial charge in [0.2, 0.25) is 11.8 Å². The molecule has 35 heavy (non-hydrogen) atoms. The van der Waals surface area contributed by atoms with Gasteiger partial charge in [0, 0.05) is 24.0 Å². The van der Waals surface area contributed by atoms with Gasteiger partial charge < -0.3 is 15.0 Å². The summed E-state index contributed by atoms with van der Waals surface area (Å²) in [6.45, 7) is 3.03. The minimum atomic E-state index is -0.622. The molecule has 0 spiro atoms. The number of nitrogens with zero attached hydrogens (tertiary/aromatic N) is 1. The molecular weight excluding hydrogens is 504 g/mol. The molecule has 0 aliphatic carbocycles. The number of carbonyl (C=O) groups is 2. The lowest BCUT2D eigenvalue weighted by Gasteiger charge is -2.32. The second kappa shape index (κ2) is 13.7. The van der Waals surface area contributed by atoms with E-state index in [1.165, 1.54) is 0 Å². The number of ether oxygens (including phenoxy) is 1. The van der Waals surface area contributed by atoms with Crippen molar-refractivity contribution < 1.29 is 14.3 Å². The number of halogens is 1. The molecule has 0 aliphatic heterocycles. The highest BCUT2D eigenvalue weighted by Crippen LogP contribution is 2.19. The molecule has 0 radical (unpaired) electrons. The molecule has 2 amide bonds. The predicted molar refractivity (Wildman–Crippen MR) is 143 cm³/mol. The summed E-state index contributed by atoms with van der Waals surface area (Å²) in [5, 5.41) is 3.06. The van der Waals surface area contributed by atoms with E-state index >= 15 is 0 Å². The van der Waals surface area contributed by atoms with Gasteiger partial charge in [0.25, 0.3) is 0 Å². The van der Waals surface area contributed by atoms with Crippen molar-refractivity contribution in [1.82, 2.24) is 10.2 Å². The smallest absolute Gasteiger partial charge is 0.243 e. The van der Waals surface area contributed by atoms with Crippen molar-refractivity contribution in [3.8, 4) is 5.75 Å². The molecule has 3 aromatic rings. The number of unbranched alkanes of at least 4 members (excludes halogenated alkanes) is 1. The minimum Gasteiger partial charge on any atom is -0.497 e. The average Bonchev–Trinajstić information content (AvgIpc) is 2.88. The van der Waals surface area contributed by atoms with Gasteiger partial charge in [-0.25, -0.2) is 0 Å². The zero-order valence-electron chi connectivity index (χ0n) is 20.4. The van der Waals surface area contributed by atoms with Crippen molar-refractivity contribution in [2.24, 2.45) is 0 Å². The zero-order chi connectivity index (χ0) is 25.0. The maximum absolute atomic E-state index is 13.7. The van der Waals surface area contributed by atoms with Crippen LogP contribution in [0.5, 0.6) is 5.75 Å². The number of carbonyl (C=O) groups excluding carboxylic acids is 2. The van der Waals surface area contributed by atoms with E-state index in [0.29, 0.717) is 19.5 Å². The Morgan fingerprint density at radius 1 is 0.914 bits per heavy atom. The predicted octanol–water partition coefficient (Wildman–Crippen LogP) is 5.56. The molecule has 3 aromatic carbocycles. The average molecular weight is 537 g/mol. The quantitative estimate of drug-likeness (QED) is 0.308. The molecule has 184 valence electrons.